The van der Waals surface area contributed by atoms with E-state index in [4.69, 9.17) is 0 Å². The van der Waals surface area contributed by atoms with Gasteiger partial charge in [0.25, 0.3) is 0 Å². The normalized spacial score (nSPS) is 22.5. The van der Waals surface area contributed by atoms with E-state index in [1.807, 2.05) is 43.0 Å². The Balaban J connectivity index is 1.69. The highest BCUT2D eigenvalue weighted by Gasteiger charge is 2.20. The average Bonchev–Trinajstić information content (AvgIpc) is 2.48. The largest absolute Gasteiger partial charge is 0.325 e. The van der Waals surface area contributed by atoms with Crippen LogP contribution < -0.4 is 10.6 Å². The predicted molar refractivity (Wildman–Crippen MR) is 87.4 cm³/mol. The molecule has 2 rings (SSSR count). The van der Waals surface area contributed by atoms with Gasteiger partial charge in [0.1, 0.15) is 0 Å². The molecule has 0 aromatic heterocycles. The third-order valence-corrected chi connectivity index (χ3v) is 5.03. The van der Waals surface area contributed by atoms with Gasteiger partial charge in [0.15, 0.2) is 0 Å². The van der Waals surface area contributed by atoms with Crippen LogP contribution in [0.2, 0.25) is 0 Å². The zero-order valence-corrected chi connectivity index (χ0v) is 13.1. The van der Waals surface area contributed by atoms with Crippen LogP contribution >= 0.6 is 11.8 Å². The average molecular weight is 292 g/mol. The van der Waals surface area contributed by atoms with E-state index in [0.29, 0.717) is 12.6 Å². The van der Waals surface area contributed by atoms with E-state index in [2.05, 4.69) is 16.9 Å². The molecule has 3 nitrogen and oxygen atoms in total. The molecule has 0 unspecified atom stereocenters. The zero-order chi connectivity index (χ0) is 14.4. The fraction of sp³-hybridized carbons (Fsp3) is 0.562. The van der Waals surface area contributed by atoms with Crippen molar-refractivity contribution in [3.63, 3.8) is 0 Å². The van der Waals surface area contributed by atoms with Crippen LogP contribution in [0.5, 0.6) is 0 Å². The summed E-state index contributed by atoms with van der Waals surface area (Å²) in [6, 6.07) is 8.40. The van der Waals surface area contributed by atoms with Crippen LogP contribution in [0.4, 0.5) is 5.69 Å². The second-order valence-electron chi connectivity index (χ2n) is 5.50. The Hall–Kier alpha value is -1.00. The minimum Gasteiger partial charge on any atom is -0.325 e. The summed E-state index contributed by atoms with van der Waals surface area (Å²) in [5.41, 5.74) is 2.07. The lowest BCUT2D eigenvalue weighted by Crippen LogP contribution is -2.38. The molecule has 1 aromatic carbocycles. The van der Waals surface area contributed by atoms with E-state index in [1.165, 1.54) is 31.2 Å². The minimum absolute atomic E-state index is 0.0424. The number of hydrogen-bond donors (Lipinski definition) is 2. The third kappa shape index (κ3) is 4.84. The highest BCUT2D eigenvalue weighted by Crippen LogP contribution is 2.26. The molecule has 0 saturated heterocycles. The Morgan fingerprint density at radius 3 is 2.45 bits per heavy atom. The molecule has 2 N–H and O–H groups in total. The van der Waals surface area contributed by atoms with Crippen LogP contribution in [0.15, 0.2) is 24.3 Å². The van der Waals surface area contributed by atoms with Crippen molar-refractivity contribution in [1.82, 2.24) is 5.32 Å². The number of aryl methyl sites for hydroxylation is 1. The number of carbonyl (C=O) groups is 1. The summed E-state index contributed by atoms with van der Waals surface area (Å²) in [6.45, 7) is 2.45. The molecule has 110 valence electrons. The summed E-state index contributed by atoms with van der Waals surface area (Å²) >= 11 is 1.97. The Labute approximate surface area is 125 Å². The number of hydrogen-bond acceptors (Lipinski definition) is 3. The van der Waals surface area contributed by atoms with Crippen LogP contribution in [-0.4, -0.2) is 30.0 Å². The SMILES string of the molecule is CSC1CCC(NCC(=O)Nc2ccc(C)cc2)CC1. The molecule has 0 radical (unpaired) electrons. The van der Waals surface area contributed by atoms with Gasteiger partial charge in [0, 0.05) is 17.0 Å². The molecule has 4 heteroatoms. The quantitative estimate of drug-likeness (QED) is 0.875. The van der Waals surface area contributed by atoms with E-state index in [-0.39, 0.29) is 5.91 Å². The minimum atomic E-state index is 0.0424. The molecule has 0 heterocycles. The van der Waals surface area contributed by atoms with Gasteiger partial charge in [-0.3, -0.25) is 4.79 Å². The lowest BCUT2D eigenvalue weighted by atomic mass is 9.95. The van der Waals surface area contributed by atoms with Gasteiger partial charge in [0.2, 0.25) is 5.91 Å². The molecule has 0 aliphatic heterocycles. The van der Waals surface area contributed by atoms with Crippen molar-refractivity contribution in [2.24, 2.45) is 0 Å². The first-order chi connectivity index (χ1) is 9.67. The van der Waals surface area contributed by atoms with Crippen LogP contribution in [-0.2, 0) is 4.79 Å². The van der Waals surface area contributed by atoms with Crippen molar-refractivity contribution < 1.29 is 4.79 Å². The first-order valence-electron chi connectivity index (χ1n) is 7.30. The summed E-state index contributed by atoms with van der Waals surface area (Å²) in [6.07, 6.45) is 7.08. The van der Waals surface area contributed by atoms with Crippen molar-refractivity contribution in [2.75, 3.05) is 18.1 Å². The Bertz CT molecular complexity index is 425. The number of anilines is 1. The molecule has 0 spiro atoms. The highest BCUT2D eigenvalue weighted by atomic mass is 32.2. The maximum absolute atomic E-state index is 11.9. The molecule has 1 aliphatic carbocycles. The molecule has 1 aliphatic rings. The molecule has 1 amide bonds. The Kier molecular flexibility index (Phi) is 5.92. The lowest BCUT2D eigenvalue weighted by molar-refractivity contribution is -0.115. The molecule has 0 bridgehead atoms. The summed E-state index contributed by atoms with van der Waals surface area (Å²) in [7, 11) is 0. The van der Waals surface area contributed by atoms with Gasteiger partial charge in [-0.25, -0.2) is 0 Å². The fourth-order valence-electron chi connectivity index (χ4n) is 2.58. The molecule has 1 aromatic rings. The number of benzene rings is 1. The van der Waals surface area contributed by atoms with Gasteiger partial charge in [-0.1, -0.05) is 17.7 Å². The van der Waals surface area contributed by atoms with Crippen molar-refractivity contribution in [3.05, 3.63) is 29.8 Å². The summed E-state index contributed by atoms with van der Waals surface area (Å²) in [4.78, 5) is 11.9. The highest BCUT2D eigenvalue weighted by molar-refractivity contribution is 7.99. The second kappa shape index (κ2) is 7.70. The monoisotopic (exact) mass is 292 g/mol. The molecular weight excluding hydrogens is 268 g/mol. The predicted octanol–water partition coefficient (Wildman–Crippen LogP) is 3.20. The van der Waals surface area contributed by atoms with Crippen molar-refractivity contribution >= 4 is 23.4 Å². The van der Waals surface area contributed by atoms with E-state index in [9.17, 15) is 4.79 Å². The number of thioether (sulfide) groups is 1. The summed E-state index contributed by atoms with van der Waals surface area (Å²) in [5.74, 6) is 0.0424. The van der Waals surface area contributed by atoms with Crippen LogP contribution in [0.25, 0.3) is 0 Å². The number of carbonyl (C=O) groups excluding carboxylic acids is 1. The maximum atomic E-state index is 11.9. The molecule has 20 heavy (non-hydrogen) atoms. The standard InChI is InChI=1S/C16H24N2OS/c1-12-3-5-14(6-4-12)18-16(19)11-17-13-7-9-15(20-2)10-8-13/h3-6,13,15,17H,7-11H2,1-2H3,(H,18,19). The summed E-state index contributed by atoms with van der Waals surface area (Å²) < 4.78 is 0. The zero-order valence-electron chi connectivity index (χ0n) is 12.3. The Morgan fingerprint density at radius 2 is 1.85 bits per heavy atom. The van der Waals surface area contributed by atoms with E-state index in [0.717, 1.165) is 10.9 Å². The first-order valence-corrected chi connectivity index (χ1v) is 8.59. The van der Waals surface area contributed by atoms with Crippen molar-refractivity contribution in [3.8, 4) is 0 Å². The summed E-state index contributed by atoms with van der Waals surface area (Å²) in [5, 5.41) is 7.11. The van der Waals surface area contributed by atoms with Crippen LogP contribution in [0, 0.1) is 6.92 Å². The van der Waals surface area contributed by atoms with Gasteiger partial charge >= 0.3 is 0 Å². The topological polar surface area (TPSA) is 41.1 Å². The number of rotatable bonds is 5. The Morgan fingerprint density at radius 1 is 1.20 bits per heavy atom. The maximum Gasteiger partial charge on any atom is 0.238 e. The van der Waals surface area contributed by atoms with E-state index < -0.39 is 0 Å². The smallest absolute Gasteiger partial charge is 0.238 e. The molecule has 1 saturated carbocycles. The van der Waals surface area contributed by atoms with Gasteiger partial charge in [-0.05, 0) is 51.0 Å². The van der Waals surface area contributed by atoms with Gasteiger partial charge in [-0.15, -0.1) is 0 Å². The lowest BCUT2D eigenvalue weighted by Gasteiger charge is -2.27. The van der Waals surface area contributed by atoms with E-state index in [1.54, 1.807) is 0 Å². The molecular formula is C16H24N2OS. The van der Waals surface area contributed by atoms with Gasteiger partial charge in [0.05, 0.1) is 6.54 Å². The van der Waals surface area contributed by atoms with Crippen molar-refractivity contribution in [1.29, 1.82) is 0 Å². The first kappa shape index (κ1) is 15.4. The number of nitrogens with one attached hydrogen (secondary N) is 2. The molecule has 0 atom stereocenters. The molecule has 1 fully saturated rings. The van der Waals surface area contributed by atoms with Crippen LogP contribution in [0.3, 0.4) is 0 Å². The van der Waals surface area contributed by atoms with E-state index >= 15 is 0 Å². The second-order valence-corrected chi connectivity index (χ2v) is 6.64. The third-order valence-electron chi connectivity index (χ3n) is 3.89. The van der Waals surface area contributed by atoms with Crippen molar-refractivity contribution in [2.45, 2.75) is 43.9 Å². The van der Waals surface area contributed by atoms with Gasteiger partial charge in [-0.2, -0.15) is 11.8 Å². The number of amides is 1. The fourth-order valence-corrected chi connectivity index (χ4v) is 3.33. The van der Waals surface area contributed by atoms with Gasteiger partial charge < -0.3 is 10.6 Å². The van der Waals surface area contributed by atoms with Crippen LogP contribution in [0.1, 0.15) is 31.2 Å².